The number of nitro groups is 1. The average Bonchev–Trinajstić information content (AvgIpc) is 2.41. The van der Waals surface area contributed by atoms with Crippen LogP contribution in [0.4, 0.5) is 5.69 Å². The zero-order valence-electron chi connectivity index (χ0n) is 13.1. The van der Waals surface area contributed by atoms with Gasteiger partial charge in [-0.3, -0.25) is 10.1 Å². The van der Waals surface area contributed by atoms with Crippen LogP contribution in [0, 0.1) is 10.1 Å². The SMILES string of the molecule is CC(C)NCc1ccc([N+](=O)[O-])c(OCCOC(C)C)c1. The topological polar surface area (TPSA) is 73.6 Å². The predicted octanol–water partition coefficient (Wildman–Crippen LogP) is 2.90. The minimum Gasteiger partial charge on any atom is -0.484 e. The fourth-order valence-electron chi connectivity index (χ4n) is 1.69. The van der Waals surface area contributed by atoms with E-state index in [0.29, 0.717) is 25.8 Å². The summed E-state index contributed by atoms with van der Waals surface area (Å²) in [4.78, 5) is 10.6. The molecule has 1 aromatic rings. The smallest absolute Gasteiger partial charge is 0.310 e. The van der Waals surface area contributed by atoms with E-state index in [2.05, 4.69) is 5.32 Å². The zero-order valence-corrected chi connectivity index (χ0v) is 13.1. The summed E-state index contributed by atoms with van der Waals surface area (Å²) in [6.07, 6.45) is 0.116. The van der Waals surface area contributed by atoms with Gasteiger partial charge in [0.2, 0.25) is 0 Å². The molecule has 0 aliphatic rings. The van der Waals surface area contributed by atoms with E-state index in [1.165, 1.54) is 6.07 Å². The second kappa shape index (κ2) is 8.59. The van der Waals surface area contributed by atoms with Gasteiger partial charge in [0.05, 0.1) is 17.6 Å². The van der Waals surface area contributed by atoms with Gasteiger partial charge in [-0.1, -0.05) is 19.9 Å². The van der Waals surface area contributed by atoms with Crippen LogP contribution in [0.15, 0.2) is 18.2 Å². The maximum atomic E-state index is 11.0. The Bertz CT molecular complexity index is 461. The Morgan fingerprint density at radius 2 is 1.95 bits per heavy atom. The lowest BCUT2D eigenvalue weighted by atomic mass is 10.2. The highest BCUT2D eigenvalue weighted by Gasteiger charge is 2.15. The standard InChI is InChI=1S/C15H24N2O4/c1-11(2)16-10-13-5-6-14(17(18)19)15(9-13)21-8-7-20-12(3)4/h5-6,9,11-12,16H,7-8,10H2,1-4H3. The van der Waals surface area contributed by atoms with E-state index in [1.807, 2.05) is 27.7 Å². The monoisotopic (exact) mass is 296 g/mol. The molecule has 0 fully saturated rings. The van der Waals surface area contributed by atoms with Crippen molar-refractivity contribution in [1.82, 2.24) is 5.32 Å². The van der Waals surface area contributed by atoms with Crippen molar-refractivity contribution in [3.05, 3.63) is 33.9 Å². The molecule has 0 spiro atoms. The van der Waals surface area contributed by atoms with Crippen LogP contribution in [0.2, 0.25) is 0 Å². The summed E-state index contributed by atoms with van der Waals surface area (Å²) < 4.78 is 10.9. The number of rotatable bonds is 9. The molecular weight excluding hydrogens is 272 g/mol. The van der Waals surface area contributed by atoms with Crippen molar-refractivity contribution in [2.75, 3.05) is 13.2 Å². The first-order valence-corrected chi connectivity index (χ1v) is 7.15. The van der Waals surface area contributed by atoms with Gasteiger partial charge in [-0.25, -0.2) is 0 Å². The summed E-state index contributed by atoms with van der Waals surface area (Å²) in [5.74, 6) is 0.287. The zero-order chi connectivity index (χ0) is 15.8. The van der Waals surface area contributed by atoms with Crippen LogP contribution in [0.5, 0.6) is 5.75 Å². The first kappa shape index (κ1) is 17.4. The lowest BCUT2D eigenvalue weighted by molar-refractivity contribution is -0.385. The van der Waals surface area contributed by atoms with E-state index in [1.54, 1.807) is 12.1 Å². The average molecular weight is 296 g/mol. The molecule has 0 aromatic heterocycles. The van der Waals surface area contributed by atoms with Crippen molar-refractivity contribution in [2.24, 2.45) is 0 Å². The number of ether oxygens (including phenoxy) is 2. The Morgan fingerprint density at radius 1 is 1.24 bits per heavy atom. The maximum absolute atomic E-state index is 11.0. The van der Waals surface area contributed by atoms with Gasteiger partial charge in [0.1, 0.15) is 6.61 Å². The van der Waals surface area contributed by atoms with Gasteiger partial charge in [-0.2, -0.15) is 0 Å². The fourth-order valence-corrected chi connectivity index (χ4v) is 1.69. The van der Waals surface area contributed by atoms with Gasteiger partial charge >= 0.3 is 5.69 Å². The molecule has 1 N–H and O–H groups in total. The largest absolute Gasteiger partial charge is 0.484 e. The molecule has 0 radical (unpaired) electrons. The van der Waals surface area contributed by atoms with Crippen molar-refractivity contribution in [1.29, 1.82) is 0 Å². The first-order valence-electron chi connectivity index (χ1n) is 7.15. The van der Waals surface area contributed by atoms with Crippen LogP contribution in [-0.2, 0) is 11.3 Å². The third-order valence-corrected chi connectivity index (χ3v) is 2.73. The highest BCUT2D eigenvalue weighted by Crippen LogP contribution is 2.28. The number of hydrogen-bond acceptors (Lipinski definition) is 5. The third kappa shape index (κ3) is 6.55. The second-order valence-corrected chi connectivity index (χ2v) is 5.36. The summed E-state index contributed by atoms with van der Waals surface area (Å²) in [5, 5.41) is 14.3. The van der Waals surface area contributed by atoms with Crippen LogP contribution in [-0.4, -0.2) is 30.3 Å². The van der Waals surface area contributed by atoms with Crippen molar-refractivity contribution in [2.45, 2.75) is 46.4 Å². The highest BCUT2D eigenvalue weighted by atomic mass is 16.6. The Labute approximate surface area is 125 Å². The summed E-state index contributed by atoms with van der Waals surface area (Å²) in [5.41, 5.74) is 0.932. The molecule has 0 amide bonds. The molecule has 0 heterocycles. The molecule has 118 valence electrons. The number of benzene rings is 1. The number of nitrogens with one attached hydrogen (secondary N) is 1. The van der Waals surface area contributed by atoms with Gasteiger partial charge in [0.15, 0.2) is 5.75 Å². The molecule has 21 heavy (non-hydrogen) atoms. The maximum Gasteiger partial charge on any atom is 0.310 e. The van der Waals surface area contributed by atoms with Gasteiger partial charge in [-0.15, -0.1) is 0 Å². The van der Waals surface area contributed by atoms with Crippen LogP contribution < -0.4 is 10.1 Å². The minimum atomic E-state index is -0.432. The van der Waals surface area contributed by atoms with E-state index in [-0.39, 0.29) is 17.5 Å². The van der Waals surface area contributed by atoms with E-state index in [9.17, 15) is 10.1 Å². The van der Waals surface area contributed by atoms with Gasteiger partial charge in [-0.05, 0) is 25.5 Å². The van der Waals surface area contributed by atoms with Crippen LogP contribution in [0.1, 0.15) is 33.3 Å². The molecule has 0 aliphatic heterocycles. The Hall–Kier alpha value is -1.66. The van der Waals surface area contributed by atoms with E-state index >= 15 is 0 Å². The molecule has 0 atom stereocenters. The van der Waals surface area contributed by atoms with Crippen molar-refractivity contribution >= 4 is 5.69 Å². The van der Waals surface area contributed by atoms with Crippen LogP contribution in [0.3, 0.4) is 0 Å². The Kier molecular flexibility index (Phi) is 7.11. The number of nitrogens with zero attached hydrogens (tertiary/aromatic N) is 1. The van der Waals surface area contributed by atoms with Crippen molar-refractivity contribution < 1.29 is 14.4 Å². The Morgan fingerprint density at radius 3 is 2.52 bits per heavy atom. The third-order valence-electron chi connectivity index (χ3n) is 2.73. The molecule has 0 bridgehead atoms. The molecular formula is C15H24N2O4. The van der Waals surface area contributed by atoms with Gasteiger partial charge in [0.25, 0.3) is 0 Å². The van der Waals surface area contributed by atoms with Crippen LogP contribution >= 0.6 is 0 Å². The number of nitro benzene ring substituents is 1. The molecule has 0 unspecified atom stereocenters. The van der Waals surface area contributed by atoms with Crippen molar-refractivity contribution in [3.8, 4) is 5.75 Å². The summed E-state index contributed by atoms with van der Waals surface area (Å²) >= 11 is 0. The molecule has 6 heteroatoms. The summed E-state index contributed by atoms with van der Waals surface area (Å²) in [6.45, 7) is 9.30. The molecule has 6 nitrogen and oxygen atoms in total. The lowest BCUT2D eigenvalue weighted by Crippen LogP contribution is -2.21. The summed E-state index contributed by atoms with van der Waals surface area (Å²) in [7, 11) is 0. The first-order chi connectivity index (χ1) is 9.90. The molecule has 0 saturated heterocycles. The molecule has 1 rings (SSSR count). The van der Waals surface area contributed by atoms with Crippen molar-refractivity contribution in [3.63, 3.8) is 0 Å². The molecule has 1 aromatic carbocycles. The van der Waals surface area contributed by atoms with E-state index in [4.69, 9.17) is 9.47 Å². The fraction of sp³-hybridized carbons (Fsp3) is 0.600. The lowest BCUT2D eigenvalue weighted by Gasteiger charge is -2.12. The van der Waals surface area contributed by atoms with E-state index < -0.39 is 4.92 Å². The number of hydrogen-bond donors (Lipinski definition) is 1. The Balaban J connectivity index is 2.71. The van der Waals surface area contributed by atoms with Gasteiger partial charge < -0.3 is 14.8 Å². The predicted molar refractivity (Wildman–Crippen MR) is 81.7 cm³/mol. The van der Waals surface area contributed by atoms with Crippen LogP contribution in [0.25, 0.3) is 0 Å². The van der Waals surface area contributed by atoms with E-state index in [0.717, 1.165) is 5.56 Å². The second-order valence-electron chi connectivity index (χ2n) is 5.36. The molecule has 0 saturated carbocycles. The quantitative estimate of drug-likeness (QED) is 0.431. The normalized spacial score (nSPS) is 11.1. The van der Waals surface area contributed by atoms with Gasteiger partial charge in [0, 0.05) is 18.7 Å². The highest BCUT2D eigenvalue weighted by molar-refractivity contribution is 5.48. The molecule has 0 aliphatic carbocycles. The summed E-state index contributed by atoms with van der Waals surface area (Å²) in [6, 6.07) is 5.29. The minimum absolute atomic E-state index is 0.0205.